The van der Waals surface area contributed by atoms with E-state index in [1.165, 1.54) is 11.1 Å². The van der Waals surface area contributed by atoms with Crippen molar-refractivity contribution in [2.75, 3.05) is 19.6 Å². The number of fused-ring (bicyclic) bond motifs is 2. The predicted octanol–water partition coefficient (Wildman–Crippen LogP) is 2.30. The number of amides is 1. The van der Waals surface area contributed by atoms with Gasteiger partial charge in [-0.3, -0.25) is 9.69 Å². The number of carbonyl (C=O) groups excluding carboxylic acids is 1. The van der Waals surface area contributed by atoms with E-state index in [1.54, 1.807) is 0 Å². The molecule has 6 nitrogen and oxygen atoms in total. The Hall–Kier alpha value is -2.70. The maximum Gasteiger partial charge on any atom is 0.220 e. The van der Waals surface area contributed by atoms with Gasteiger partial charge in [-0.2, -0.15) is 0 Å². The largest absolute Gasteiger partial charge is 0.390 e. The van der Waals surface area contributed by atoms with Crippen molar-refractivity contribution in [2.45, 2.75) is 31.9 Å². The monoisotopic (exact) mass is 379 g/mol. The van der Waals surface area contributed by atoms with Crippen LogP contribution in [0.5, 0.6) is 0 Å². The van der Waals surface area contributed by atoms with Crippen LogP contribution in [-0.2, 0) is 24.2 Å². The fraction of sp³-hybridized carbons (Fsp3) is 0.364. The van der Waals surface area contributed by atoms with Gasteiger partial charge in [0.1, 0.15) is 0 Å². The summed E-state index contributed by atoms with van der Waals surface area (Å²) in [5, 5.41) is 18.1. The number of nitrogens with one attached hydrogen (secondary N) is 1. The molecular formula is C22H25N3O3. The number of para-hydroxylation sites is 1. The van der Waals surface area contributed by atoms with E-state index in [0.717, 1.165) is 36.2 Å². The van der Waals surface area contributed by atoms with Gasteiger partial charge in [0.15, 0.2) is 5.58 Å². The van der Waals surface area contributed by atoms with Gasteiger partial charge in [0.25, 0.3) is 0 Å². The lowest BCUT2D eigenvalue weighted by molar-refractivity contribution is -0.121. The fourth-order valence-corrected chi connectivity index (χ4v) is 3.74. The van der Waals surface area contributed by atoms with Gasteiger partial charge in [-0.25, -0.2) is 0 Å². The zero-order valence-electron chi connectivity index (χ0n) is 15.8. The fourth-order valence-electron chi connectivity index (χ4n) is 3.74. The number of hydrogen-bond donors (Lipinski definition) is 2. The van der Waals surface area contributed by atoms with E-state index in [-0.39, 0.29) is 12.5 Å². The molecular weight excluding hydrogens is 354 g/mol. The molecule has 1 aliphatic rings. The van der Waals surface area contributed by atoms with Gasteiger partial charge in [0.05, 0.1) is 11.8 Å². The Morgan fingerprint density at radius 2 is 1.96 bits per heavy atom. The van der Waals surface area contributed by atoms with Crippen molar-refractivity contribution >= 4 is 16.9 Å². The van der Waals surface area contributed by atoms with Crippen molar-refractivity contribution < 1.29 is 14.4 Å². The number of β-amino-alcohol motifs (C(OH)–C–C–N with tert-alkyl or cyclic N) is 1. The van der Waals surface area contributed by atoms with Crippen LogP contribution in [0.2, 0.25) is 0 Å². The lowest BCUT2D eigenvalue weighted by atomic mass is 10.00. The van der Waals surface area contributed by atoms with Crippen LogP contribution in [-0.4, -0.2) is 46.8 Å². The quantitative estimate of drug-likeness (QED) is 0.659. The second kappa shape index (κ2) is 8.54. The number of aromatic nitrogens is 1. The highest BCUT2D eigenvalue weighted by Gasteiger charge is 2.19. The van der Waals surface area contributed by atoms with Crippen molar-refractivity contribution in [2.24, 2.45) is 0 Å². The summed E-state index contributed by atoms with van der Waals surface area (Å²) in [6.45, 7) is 2.60. The summed E-state index contributed by atoms with van der Waals surface area (Å²) in [4.78, 5) is 14.4. The van der Waals surface area contributed by atoms with Crippen molar-refractivity contribution in [3.63, 3.8) is 0 Å². The lowest BCUT2D eigenvalue weighted by Gasteiger charge is -2.30. The maximum atomic E-state index is 12.1. The Kier molecular flexibility index (Phi) is 5.69. The minimum Gasteiger partial charge on any atom is -0.390 e. The van der Waals surface area contributed by atoms with Crippen LogP contribution in [0, 0.1) is 0 Å². The van der Waals surface area contributed by atoms with Gasteiger partial charge in [0.2, 0.25) is 5.91 Å². The van der Waals surface area contributed by atoms with E-state index >= 15 is 0 Å². The molecule has 0 fully saturated rings. The highest BCUT2D eigenvalue weighted by molar-refractivity contribution is 5.81. The van der Waals surface area contributed by atoms with Crippen LogP contribution in [0.4, 0.5) is 0 Å². The zero-order valence-corrected chi connectivity index (χ0v) is 15.8. The van der Waals surface area contributed by atoms with Gasteiger partial charge < -0.3 is 14.9 Å². The van der Waals surface area contributed by atoms with Crippen LogP contribution < -0.4 is 5.32 Å². The van der Waals surface area contributed by atoms with Crippen molar-refractivity contribution in [1.29, 1.82) is 0 Å². The molecule has 6 heteroatoms. The summed E-state index contributed by atoms with van der Waals surface area (Å²) in [5.41, 5.74) is 4.24. The summed E-state index contributed by atoms with van der Waals surface area (Å²) in [6.07, 6.45) is 1.26. The third-order valence-electron chi connectivity index (χ3n) is 5.25. The zero-order chi connectivity index (χ0) is 19.3. The molecule has 0 saturated heterocycles. The number of aliphatic hydroxyl groups excluding tert-OH is 1. The number of benzene rings is 2. The highest BCUT2D eigenvalue weighted by Crippen LogP contribution is 2.19. The van der Waals surface area contributed by atoms with Crippen molar-refractivity contribution in [1.82, 2.24) is 15.4 Å². The van der Waals surface area contributed by atoms with E-state index in [9.17, 15) is 9.90 Å². The highest BCUT2D eigenvalue weighted by atomic mass is 16.5. The minimum absolute atomic E-state index is 0.0879. The van der Waals surface area contributed by atoms with Crippen LogP contribution >= 0.6 is 0 Å². The standard InChI is InChI=1S/C22H25N3O3/c26-18(15-25-12-11-16-5-1-2-6-17(16)14-25)13-23-22(27)10-9-20-19-7-3-4-8-21(19)28-24-20/h1-8,18,26H,9-15H2,(H,23,27)/t18-/m0/s1. The first-order valence-corrected chi connectivity index (χ1v) is 9.76. The molecule has 4 rings (SSSR count). The Morgan fingerprint density at radius 3 is 2.86 bits per heavy atom. The normalized spacial score (nSPS) is 15.3. The molecule has 0 spiro atoms. The lowest BCUT2D eigenvalue weighted by Crippen LogP contribution is -2.42. The third-order valence-corrected chi connectivity index (χ3v) is 5.25. The molecule has 1 amide bonds. The maximum absolute atomic E-state index is 12.1. The number of aliphatic hydroxyl groups is 1. The van der Waals surface area contributed by atoms with Gasteiger partial charge in [0, 0.05) is 44.4 Å². The molecule has 3 aromatic rings. The first kappa shape index (κ1) is 18.7. The molecule has 0 radical (unpaired) electrons. The molecule has 0 saturated carbocycles. The molecule has 2 heterocycles. The molecule has 0 unspecified atom stereocenters. The van der Waals surface area contributed by atoms with Crippen molar-refractivity contribution in [3.05, 3.63) is 65.4 Å². The second-order valence-corrected chi connectivity index (χ2v) is 7.34. The molecule has 0 bridgehead atoms. The van der Waals surface area contributed by atoms with E-state index in [2.05, 4.69) is 39.6 Å². The molecule has 2 aromatic carbocycles. The Morgan fingerprint density at radius 1 is 1.18 bits per heavy atom. The SMILES string of the molecule is O=C(CCc1noc2ccccc12)NC[C@H](O)CN1CCc2ccccc2C1. The molecule has 146 valence electrons. The summed E-state index contributed by atoms with van der Waals surface area (Å²) >= 11 is 0. The van der Waals surface area contributed by atoms with E-state index in [4.69, 9.17) is 4.52 Å². The third kappa shape index (κ3) is 4.40. The number of hydrogen-bond acceptors (Lipinski definition) is 5. The molecule has 1 aliphatic heterocycles. The number of rotatable bonds is 7. The van der Waals surface area contributed by atoms with Crippen LogP contribution in [0.1, 0.15) is 23.2 Å². The topological polar surface area (TPSA) is 78.6 Å². The Bertz CT molecular complexity index is 953. The molecule has 1 aromatic heterocycles. The number of aryl methyl sites for hydroxylation is 1. The first-order valence-electron chi connectivity index (χ1n) is 9.76. The smallest absolute Gasteiger partial charge is 0.220 e. The van der Waals surface area contributed by atoms with Gasteiger partial charge >= 0.3 is 0 Å². The number of nitrogens with zero attached hydrogens (tertiary/aromatic N) is 2. The average molecular weight is 379 g/mol. The van der Waals surface area contributed by atoms with Crippen LogP contribution in [0.25, 0.3) is 11.0 Å². The van der Waals surface area contributed by atoms with Gasteiger partial charge in [-0.15, -0.1) is 0 Å². The van der Waals surface area contributed by atoms with Gasteiger partial charge in [-0.05, 0) is 29.7 Å². The Balaban J connectivity index is 1.20. The summed E-state index contributed by atoms with van der Waals surface area (Å²) in [7, 11) is 0. The van der Waals surface area contributed by atoms with E-state index < -0.39 is 6.10 Å². The van der Waals surface area contributed by atoms with E-state index in [1.807, 2.05) is 24.3 Å². The number of carbonyl (C=O) groups is 1. The summed E-state index contributed by atoms with van der Waals surface area (Å²) < 4.78 is 5.26. The van der Waals surface area contributed by atoms with E-state index in [0.29, 0.717) is 19.4 Å². The second-order valence-electron chi connectivity index (χ2n) is 7.34. The minimum atomic E-state index is -0.581. The molecule has 28 heavy (non-hydrogen) atoms. The molecule has 1 atom stereocenters. The van der Waals surface area contributed by atoms with Gasteiger partial charge in [-0.1, -0.05) is 41.6 Å². The van der Waals surface area contributed by atoms with Crippen LogP contribution in [0.3, 0.4) is 0 Å². The molecule has 2 N–H and O–H groups in total. The van der Waals surface area contributed by atoms with Crippen molar-refractivity contribution in [3.8, 4) is 0 Å². The summed E-state index contributed by atoms with van der Waals surface area (Å²) in [6, 6.07) is 16.1. The summed E-state index contributed by atoms with van der Waals surface area (Å²) in [5.74, 6) is -0.0879. The molecule has 0 aliphatic carbocycles. The van der Waals surface area contributed by atoms with Crippen LogP contribution in [0.15, 0.2) is 53.1 Å². The first-order chi connectivity index (χ1) is 13.7. The average Bonchev–Trinajstić information content (AvgIpc) is 3.14. The Labute approximate surface area is 164 Å². The predicted molar refractivity (Wildman–Crippen MR) is 107 cm³/mol.